The zero-order valence-corrected chi connectivity index (χ0v) is 18.6. The van der Waals surface area contributed by atoms with E-state index in [2.05, 4.69) is 75.2 Å². The van der Waals surface area contributed by atoms with Crippen molar-refractivity contribution in [2.24, 2.45) is 5.92 Å². The van der Waals surface area contributed by atoms with Gasteiger partial charge >= 0.3 is 0 Å². The third-order valence-electron chi connectivity index (χ3n) is 6.34. The molecule has 1 aromatic rings. The van der Waals surface area contributed by atoms with E-state index in [1.807, 2.05) is 12.2 Å². The summed E-state index contributed by atoms with van der Waals surface area (Å²) < 4.78 is 0. The lowest BCUT2D eigenvalue weighted by atomic mass is 9.80. The zero-order valence-electron chi connectivity index (χ0n) is 18.6. The van der Waals surface area contributed by atoms with Crippen LogP contribution in [0, 0.1) is 5.92 Å². The van der Waals surface area contributed by atoms with Gasteiger partial charge in [-0.1, -0.05) is 100 Å². The summed E-state index contributed by atoms with van der Waals surface area (Å²) in [5.74, 6) is 0.697. The monoisotopic (exact) mass is 396 g/mol. The van der Waals surface area contributed by atoms with Crippen LogP contribution >= 0.6 is 0 Å². The van der Waals surface area contributed by atoms with Crippen molar-refractivity contribution in [3.05, 3.63) is 114 Å². The van der Waals surface area contributed by atoms with Gasteiger partial charge in [-0.05, 0) is 77.0 Å². The van der Waals surface area contributed by atoms with Crippen molar-refractivity contribution in [2.75, 3.05) is 0 Å². The third-order valence-corrected chi connectivity index (χ3v) is 6.34. The fourth-order valence-electron chi connectivity index (χ4n) is 4.51. The van der Waals surface area contributed by atoms with E-state index in [1.165, 1.54) is 71.1 Å². The molecule has 0 heteroatoms. The predicted molar refractivity (Wildman–Crippen MR) is 133 cm³/mol. The Morgan fingerprint density at radius 1 is 1.07 bits per heavy atom. The summed E-state index contributed by atoms with van der Waals surface area (Å²) in [6.45, 7) is 14.7. The van der Waals surface area contributed by atoms with Gasteiger partial charge in [0.25, 0.3) is 0 Å². The lowest BCUT2D eigenvalue weighted by Gasteiger charge is -2.24. The molecule has 0 nitrogen and oxygen atoms in total. The van der Waals surface area contributed by atoms with Gasteiger partial charge in [0.1, 0.15) is 0 Å². The minimum atomic E-state index is 0.697. The zero-order chi connectivity index (χ0) is 21.3. The van der Waals surface area contributed by atoms with Gasteiger partial charge in [0, 0.05) is 0 Å². The predicted octanol–water partition coefficient (Wildman–Crippen LogP) is 8.71. The topological polar surface area (TPSA) is 0 Å². The van der Waals surface area contributed by atoms with Gasteiger partial charge in [-0.25, -0.2) is 0 Å². The van der Waals surface area contributed by atoms with Gasteiger partial charge in [-0.15, -0.1) is 6.58 Å². The maximum absolute atomic E-state index is 4.43. The normalized spacial score (nSPS) is 18.6. The van der Waals surface area contributed by atoms with Crippen LogP contribution in [0.3, 0.4) is 0 Å². The third kappa shape index (κ3) is 5.30. The van der Waals surface area contributed by atoms with Crippen molar-refractivity contribution in [3.63, 3.8) is 0 Å². The number of benzene rings is 1. The van der Waals surface area contributed by atoms with E-state index in [0.717, 1.165) is 19.3 Å². The number of hydrogen-bond donors (Lipinski definition) is 0. The highest BCUT2D eigenvalue weighted by Crippen LogP contribution is 2.40. The summed E-state index contributed by atoms with van der Waals surface area (Å²) in [6, 6.07) is 8.98. The van der Waals surface area contributed by atoms with Gasteiger partial charge in [0.15, 0.2) is 0 Å². The molecule has 30 heavy (non-hydrogen) atoms. The van der Waals surface area contributed by atoms with Gasteiger partial charge in [-0.2, -0.15) is 0 Å². The molecule has 156 valence electrons. The molecule has 0 aromatic heterocycles. The van der Waals surface area contributed by atoms with Crippen LogP contribution in [-0.2, 0) is 6.42 Å². The van der Waals surface area contributed by atoms with Crippen LogP contribution in [0.1, 0.15) is 63.0 Å². The minimum absolute atomic E-state index is 0.697. The molecule has 0 N–H and O–H groups in total. The first kappa shape index (κ1) is 22.1. The Hall–Kier alpha value is -2.60. The van der Waals surface area contributed by atoms with E-state index in [4.69, 9.17) is 0 Å². The van der Waals surface area contributed by atoms with Crippen LogP contribution in [0.4, 0.5) is 0 Å². The number of hydrogen-bond acceptors (Lipinski definition) is 0. The molecule has 0 radical (unpaired) electrons. The van der Waals surface area contributed by atoms with Crippen LogP contribution < -0.4 is 0 Å². The SMILES string of the molecule is C=CCC=C(C1=C(C=CC2CCCCC2)C(=C)CC=C1C=C)c1ccc(CC)cc1. The largest absolute Gasteiger partial charge is 0.103 e. The molecule has 0 saturated heterocycles. The van der Waals surface area contributed by atoms with Crippen molar-refractivity contribution >= 4 is 5.57 Å². The lowest BCUT2D eigenvalue weighted by Crippen LogP contribution is -2.06. The molecule has 0 spiro atoms. The molecule has 0 amide bonds. The smallest absolute Gasteiger partial charge is 0.00367 e. The molecule has 3 rings (SSSR count). The van der Waals surface area contributed by atoms with Crippen molar-refractivity contribution in [1.29, 1.82) is 0 Å². The van der Waals surface area contributed by atoms with Crippen molar-refractivity contribution < 1.29 is 0 Å². The standard InChI is InChI=1S/C30H36/c1-5-8-14-29(27-20-16-24(6-2)17-21-27)30-26(7-3)19-15-23(4)28(30)22-18-25-12-10-9-11-13-25/h5,7,14,16-22,25H,1,3-4,6,8-13,15H2,2H3. The van der Waals surface area contributed by atoms with Gasteiger partial charge in [0.2, 0.25) is 0 Å². The fourth-order valence-corrected chi connectivity index (χ4v) is 4.51. The quantitative estimate of drug-likeness (QED) is 0.385. The molecule has 0 aliphatic heterocycles. The second kappa shape index (κ2) is 11.0. The van der Waals surface area contributed by atoms with E-state index >= 15 is 0 Å². The van der Waals surface area contributed by atoms with E-state index in [1.54, 1.807) is 0 Å². The van der Waals surface area contributed by atoms with Crippen LogP contribution in [0.5, 0.6) is 0 Å². The highest BCUT2D eigenvalue weighted by Gasteiger charge is 2.20. The minimum Gasteiger partial charge on any atom is -0.103 e. The van der Waals surface area contributed by atoms with Crippen LogP contribution in [0.2, 0.25) is 0 Å². The summed E-state index contributed by atoms with van der Waals surface area (Å²) in [5.41, 5.74) is 8.80. The van der Waals surface area contributed by atoms with E-state index in [0.29, 0.717) is 5.92 Å². The summed E-state index contributed by atoms with van der Waals surface area (Å²) >= 11 is 0. The molecule has 0 atom stereocenters. The van der Waals surface area contributed by atoms with Crippen molar-refractivity contribution in [2.45, 2.75) is 58.3 Å². The molecule has 1 aromatic carbocycles. The first-order valence-corrected chi connectivity index (χ1v) is 11.5. The molecule has 2 aliphatic rings. The maximum Gasteiger partial charge on any atom is -0.00367 e. The molecule has 1 fully saturated rings. The summed E-state index contributed by atoms with van der Waals surface area (Å²) in [7, 11) is 0. The van der Waals surface area contributed by atoms with Gasteiger partial charge in [-0.3, -0.25) is 0 Å². The number of allylic oxidation sites excluding steroid dienone is 11. The molecule has 0 unspecified atom stereocenters. The van der Waals surface area contributed by atoms with Crippen molar-refractivity contribution in [1.82, 2.24) is 0 Å². The van der Waals surface area contributed by atoms with Crippen LogP contribution in [-0.4, -0.2) is 0 Å². The van der Waals surface area contributed by atoms with E-state index < -0.39 is 0 Å². The maximum atomic E-state index is 4.43. The molecule has 0 bridgehead atoms. The first-order valence-electron chi connectivity index (χ1n) is 11.5. The highest BCUT2D eigenvalue weighted by atomic mass is 14.2. The average molecular weight is 397 g/mol. The molecule has 1 saturated carbocycles. The number of rotatable bonds is 8. The summed E-state index contributed by atoms with van der Waals surface area (Å²) in [5, 5.41) is 0. The Balaban J connectivity index is 2.10. The summed E-state index contributed by atoms with van der Waals surface area (Å²) in [4.78, 5) is 0. The second-order valence-electron chi connectivity index (χ2n) is 8.41. The van der Waals surface area contributed by atoms with Crippen LogP contribution in [0.25, 0.3) is 5.57 Å². The van der Waals surface area contributed by atoms with Crippen molar-refractivity contribution in [3.8, 4) is 0 Å². The summed E-state index contributed by atoms with van der Waals surface area (Å²) in [6.07, 6.45) is 22.8. The molecular weight excluding hydrogens is 360 g/mol. The Bertz CT molecular complexity index is 890. The Morgan fingerprint density at radius 3 is 2.43 bits per heavy atom. The first-order chi connectivity index (χ1) is 14.7. The van der Waals surface area contributed by atoms with Crippen LogP contribution in [0.15, 0.2) is 103 Å². The molecule has 2 aliphatic carbocycles. The lowest BCUT2D eigenvalue weighted by molar-refractivity contribution is 0.419. The van der Waals surface area contributed by atoms with Gasteiger partial charge < -0.3 is 0 Å². The Kier molecular flexibility index (Phi) is 8.08. The average Bonchev–Trinajstić information content (AvgIpc) is 2.80. The van der Waals surface area contributed by atoms with E-state index in [-0.39, 0.29) is 0 Å². The highest BCUT2D eigenvalue weighted by molar-refractivity contribution is 5.88. The Morgan fingerprint density at radius 2 is 1.80 bits per heavy atom. The van der Waals surface area contributed by atoms with Gasteiger partial charge in [0.05, 0.1) is 0 Å². The molecular formula is C30H36. The second-order valence-corrected chi connectivity index (χ2v) is 8.41. The Labute approximate surface area is 183 Å². The fraction of sp³-hybridized carbons (Fsp3) is 0.333. The molecule has 0 heterocycles. The van der Waals surface area contributed by atoms with E-state index in [9.17, 15) is 0 Å². The number of aryl methyl sites for hydroxylation is 1.